The van der Waals surface area contributed by atoms with Crippen molar-refractivity contribution < 1.29 is 23.1 Å². The first-order chi connectivity index (χ1) is 7.92. The van der Waals surface area contributed by atoms with Crippen LogP contribution in [0.4, 0.5) is 0 Å². The summed E-state index contributed by atoms with van der Waals surface area (Å²) in [6, 6.07) is 5.75. The number of carboxylic acid groups (broad SMARTS) is 1. The zero-order valence-corrected chi connectivity index (χ0v) is 10.4. The van der Waals surface area contributed by atoms with Crippen LogP contribution < -0.4 is 0 Å². The first kappa shape index (κ1) is 14.0. The van der Waals surface area contributed by atoms with Crippen LogP contribution in [0.5, 0.6) is 0 Å². The maximum atomic E-state index is 11.7. The van der Waals surface area contributed by atoms with Gasteiger partial charge in [-0.05, 0) is 24.3 Å². The summed E-state index contributed by atoms with van der Waals surface area (Å²) in [7, 11) is -3.45. The molecule has 0 aromatic heterocycles. The SMILES string of the molecule is O=C(O)COCCS(=O)(=O)c1ccc(Cl)cc1. The second kappa shape index (κ2) is 6.00. The molecule has 0 aliphatic heterocycles. The van der Waals surface area contributed by atoms with E-state index in [-0.39, 0.29) is 17.3 Å². The van der Waals surface area contributed by atoms with Gasteiger partial charge in [0.1, 0.15) is 6.61 Å². The largest absolute Gasteiger partial charge is 0.480 e. The number of sulfone groups is 1. The molecule has 0 bridgehead atoms. The summed E-state index contributed by atoms with van der Waals surface area (Å²) >= 11 is 5.64. The predicted octanol–water partition coefficient (Wildman–Crippen LogP) is 1.21. The molecule has 0 aliphatic carbocycles. The highest BCUT2D eigenvalue weighted by Gasteiger charge is 2.14. The van der Waals surface area contributed by atoms with Gasteiger partial charge in [-0.1, -0.05) is 11.6 Å². The molecule has 0 fully saturated rings. The number of halogens is 1. The highest BCUT2D eigenvalue weighted by Crippen LogP contribution is 2.15. The van der Waals surface area contributed by atoms with E-state index >= 15 is 0 Å². The van der Waals surface area contributed by atoms with Gasteiger partial charge in [0.15, 0.2) is 9.84 Å². The van der Waals surface area contributed by atoms with Gasteiger partial charge in [0, 0.05) is 5.02 Å². The molecule has 0 spiro atoms. The third kappa shape index (κ3) is 4.72. The average Bonchev–Trinajstić information content (AvgIpc) is 2.25. The van der Waals surface area contributed by atoms with Crippen molar-refractivity contribution in [2.75, 3.05) is 19.0 Å². The summed E-state index contributed by atoms with van der Waals surface area (Å²) in [6.07, 6.45) is 0. The van der Waals surface area contributed by atoms with Crippen molar-refractivity contribution in [3.8, 4) is 0 Å². The van der Waals surface area contributed by atoms with Crippen molar-refractivity contribution in [2.24, 2.45) is 0 Å². The Kier molecular flexibility index (Phi) is 4.92. The van der Waals surface area contributed by atoms with Gasteiger partial charge in [0.05, 0.1) is 17.3 Å². The average molecular weight is 279 g/mol. The second-order valence-corrected chi connectivity index (χ2v) is 5.76. The summed E-state index contributed by atoms with van der Waals surface area (Å²) in [6.45, 7) is -0.659. The number of carboxylic acids is 1. The van der Waals surface area contributed by atoms with Gasteiger partial charge in [-0.25, -0.2) is 13.2 Å². The maximum Gasteiger partial charge on any atom is 0.329 e. The van der Waals surface area contributed by atoms with Crippen molar-refractivity contribution in [1.82, 2.24) is 0 Å². The normalized spacial score (nSPS) is 11.4. The third-order valence-electron chi connectivity index (χ3n) is 1.89. The number of carbonyl (C=O) groups is 1. The van der Waals surface area contributed by atoms with Gasteiger partial charge in [-0.15, -0.1) is 0 Å². The van der Waals surface area contributed by atoms with Crippen LogP contribution in [0, 0.1) is 0 Å². The van der Waals surface area contributed by atoms with E-state index in [0.29, 0.717) is 5.02 Å². The smallest absolute Gasteiger partial charge is 0.329 e. The molecule has 0 radical (unpaired) electrons. The Morgan fingerprint density at radius 3 is 2.41 bits per heavy atom. The fraction of sp³-hybridized carbons (Fsp3) is 0.300. The van der Waals surface area contributed by atoms with E-state index in [1.165, 1.54) is 24.3 Å². The van der Waals surface area contributed by atoms with Crippen molar-refractivity contribution >= 4 is 27.4 Å². The Morgan fingerprint density at radius 1 is 1.29 bits per heavy atom. The molecule has 1 aromatic carbocycles. The number of rotatable bonds is 6. The molecule has 0 heterocycles. The lowest BCUT2D eigenvalue weighted by atomic mass is 10.4. The topological polar surface area (TPSA) is 80.7 Å². The minimum Gasteiger partial charge on any atom is -0.480 e. The molecule has 1 rings (SSSR count). The van der Waals surface area contributed by atoms with Crippen LogP contribution >= 0.6 is 11.6 Å². The number of ether oxygens (including phenoxy) is 1. The summed E-state index contributed by atoms with van der Waals surface area (Å²) in [5.41, 5.74) is 0. The van der Waals surface area contributed by atoms with E-state index < -0.39 is 22.4 Å². The molecule has 0 atom stereocenters. The van der Waals surface area contributed by atoms with Crippen LogP contribution in [-0.2, 0) is 19.4 Å². The first-order valence-electron chi connectivity index (χ1n) is 4.70. The molecular weight excluding hydrogens is 268 g/mol. The summed E-state index contributed by atoms with van der Waals surface area (Å²) < 4.78 is 28.1. The lowest BCUT2D eigenvalue weighted by molar-refractivity contribution is -0.142. The van der Waals surface area contributed by atoms with E-state index in [4.69, 9.17) is 16.7 Å². The highest BCUT2D eigenvalue weighted by molar-refractivity contribution is 7.91. The monoisotopic (exact) mass is 278 g/mol. The van der Waals surface area contributed by atoms with Crippen molar-refractivity contribution in [2.45, 2.75) is 4.90 Å². The van der Waals surface area contributed by atoms with Crippen molar-refractivity contribution in [3.63, 3.8) is 0 Å². The summed E-state index contributed by atoms with van der Waals surface area (Å²) in [5.74, 6) is -1.39. The molecule has 94 valence electrons. The molecule has 0 amide bonds. The van der Waals surface area contributed by atoms with Crippen LogP contribution in [0.3, 0.4) is 0 Å². The Morgan fingerprint density at radius 2 is 1.88 bits per heavy atom. The van der Waals surface area contributed by atoms with Gasteiger partial charge in [0.25, 0.3) is 0 Å². The molecule has 1 N–H and O–H groups in total. The molecule has 7 heteroatoms. The zero-order chi connectivity index (χ0) is 12.9. The van der Waals surface area contributed by atoms with E-state index in [1.54, 1.807) is 0 Å². The van der Waals surface area contributed by atoms with Crippen molar-refractivity contribution in [1.29, 1.82) is 0 Å². The summed E-state index contributed by atoms with van der Waals surface area (Å²) in [4.78, 5) is 10.3. The highest BCUT2D eigenvalue weighted by atomic mass is 35.5. The molecule has 1 aromatic rings. The predicted molar refractivity (Wildman–Crippen MR) is 62.0 cm³/mol. The molecule has 0 saturated heterocycles. The lowest BCUT2D eigenvalue weighted by Gasteiger charge is -2.04. The van der Waals surface area contributed by atoms with Gasteiger partial charge in [-0.2, -0.15) is 0 Å². The van der Waals surface area contributed by atoms with E-state index in [9.17, 15) is 13.2 Å². The molecule has 0 saturated carbocycles. The quantitative estimate of drug-likeness (QED) is 0.791. The summed E-state index contributed by atoms with van der Waals surface area (Å²) in [5, 5.41) is 8.75. The van der Waals surface area contributed by atoms with E-state index in [0.717, 1.165) is 0 Å². The van der Waals surface area contributed by atoms with Gasteiger partial charge < -0.3 is 9.84 Å². The lowest BCUT2D eigenvalue weighted by Crippen LogP contribution is -2.15. The fourth-order valence-corrected chi connectivity index (χ4v) is 2.34. The number of benzene rings is 1. The minimum atomic E-state index is -3.45. The number of hydrogen-bond donors (Lipinski definition) is 1. The van der Waals surface area contributed by atoms with Crippen LogP contribution in [0.15, 0.2) is 29.2 Å². The van der Waals surface area contributed by atoms with E-state index in [2.05, 4.69) is 4.74 Å². The van der Waals surface area contributed by atoms with Crippen LogP contribution in [-0.4, -0.2) is 38.5 Å². The molecule has 0 aliphatic rings. The van der Waals surface area contributed by atoms with Crippen LogP contribution in [0.25, 0.3) is 0 Å². The third-order valence-corrected chi connectivity index (χ3v) is 3.84. The second-order valence-electron chi connectivity index (χ2n) is 3.22. The molecule has 17 heavy (non-hydrogen) atoms. The molecule has 5 nitrogen and oxygen atoms in total. The Labute approximate surface area is 104 Å². The Hall–Kier alpha value is -1.11. The Balaban J connectivity index is 2.57. The fourth-order valence-electron chi connectivity index (χ4n) is 1.09. The first-order valence-corrected chi connectivity index (χ1v) is 6.73. The maximum absolute atomic E-state index is 11.7. The van der Waals surface area contributed by atoms with Crippen LogP contribution in [0.2, 0.25) is 5.02 Å². The number of aliphatic carboxylic acids is 1. The Bertz CT molecular complexity index is 480. The van der Waals surface area contributed by atoms with E-state index in [1.807, 2.05) is 0 Å². The van der Waals surface area contributed by atoms with Crippen LogP contribution in [0.1, 0.15) is 0 Å². The van der Waals surface area contributed by atoms with Gasteiger partial charge >= 0.3 is 5.97 Å². The molecule has 0 unspecified atom stereocenters. The van der Waals surface area contributed by atoms with Gasteiger partial charge in [0.2, 0.25) is 0 Å². The zero-order valence-electron chi connectivity index (χ0n) is 8.80. The standard InChI is InChI=1S/C10H11ClO5S/c11-8-1-3-9(4-2-8)17(14,15)6-5-16-7-10(12)13/h1-4H,5-7H2,(H,12,13). The minimum absolute atomic E-state index is 0.140. The van der Waals surface area contributed by atoms with Gasteiger partial charge in [-0.3, -0.25) is 0 Å². The number of hydrogen-bond acceptors (Lipinski definition) is 4. The van der Waals surface area contributed by atoms with Crippen molar-refractivity contribution in [3.05, 3.63) is 29.3 Å². The molecular formula is C10H11ClO5S.